The van der Waals surface area contributed by atoms with Crippen LogP contribution in [0.25, 0.3) is 0 Å². The molecule has 0 radical (unpaired) electrons. The first-order chi connectivity index (χ1) is 10.4. The number of rotatable bonds is 5. The second kappa shape index (κ2) is 6.47. The van der Waals surface area contributed by atoms with Crippen molar-refractivity contribution in [1.82, 2.24) is 4.90 Å². The average Bonchev–Trinajstić information content (AvgIpc) is 2.98. The smallest absolute Gasteiger partial charge is 0.371 e. The number of likely N-dealkylation sites (N-methyl/N-ethyl adjacent to an activating group) is 1. The van der Waals surface area contributed by atoms with Crippen LogP contribution in [-0.4, -0.2) is 35.0 Å². The molecular formula is C17H19NO4. The maximum absolute atomic E-state index is 12.3. The zero-order valence-electron chi connectivity index (χ0n) is 12.9. The Bertz CT molecular complexity index is 672. The maximum Gasteiger partial charge on any atom is 0.371 e. The summed E-state index contributed by atoms with van der Waals surface area (Å²) in [4.78, 5) is 24.7. The molecule has 1 aromatic carbocycles. The maximum atomic E-state index is 12.3. The molecule has 116 valence electrons. The van der Waals surface area contributed by atoms with E-state index >= 15 is 0 Å². The summed E-state index contributed by atoms with van der Waals surface area (Å²) in [7, 11) is 1.68. The lowest BCUT2D eigenvalue weighted by Crippen LogP contribution is -2.36. The van der Waals surface area contributed by atoms with Gasteiger partial charge in [0.1, 0.15) is 0 Å². The first-order valence-corrected chi connectivity index (χ1v) is 7.04. The van der Waals surface area contributed by atoms with E-state index < -0.39 is 5.97 Å². The molecule has 1 aromatic heterocycles. The number of benzene rings is 1. The van der Waals surface area contributed by atoms with Crippen LogP contribution in [0.4, 0.5) is 0 Å². The molecular weight excluding hydrogens is 282 g/mol. The third kappa shape index (κ3) is 3.55. The lowest BCUT2D eigenvalue weighted by atomic mass is 10.0. The minimum atomic E-state index is -1.19. The summed E-state index contributed by atoms with van der Waals surface area (Å²) in [5, 5.41) is 8.83. The molecule has 0 fully saturated rings. The van der Waals surface area contributed by atoms with Gasteiger partial charge in [-0.2, -0.15) is 0 Å². The molecule has 1 amide bonds. The predicted molar refractivity (Wildman–Crippen MR) is 82.1 cm³/mol. The minimum Gasteiger partial charge on any atom is -0.475 e. The summed E-state index contributed by atoms with van der Waals surface area (Å²) in [6.07, 6.45) is 0.717. The van der Waals surface area contributed by atoms with Crippen LogP contribution in [0.5, 0.6) is 0 Å². The lowest BCUT2D eigenvalue weighted by molar-refractivity contribution is 0.0647. The fourth-order valence-electron chi connectivity index (χ4n) is 2.14. The monoisotopic (exact) mass is 301 g/mol. The van der Waals surface area contributed by atoms with Crippen molar-refractivity contribution in [2.45, 2.75) is 26.3 Å². The molecule has 0 spiro atoms. The Kier molecular flexibility index (Phi) is 4.65. The third-order valence-corrected chi connectivity index (χ3v) is 3.66. The Morgan fingerprint density at radius 2 is 1.73 bits per heavy atom. The van der Waals surface area contributed by atoms with Gasteiger partial charge in [-0.15, -0.1) is 0 Å². The van der Waals surface area contributed by atoms with E-state index in [4.69, 9.17) is 9.52 Å². The fraction of sp³-hybridized carbons (Fsp3) is 0.294. The molecule has 0 saturated heterocycles. The summed E-state index contributed by atoms with van der Waals surface area (Å²) >= 11 is 0. The molecule has 5 nitrogen and oxygen atoms in total. The number of furan rings is 1. The van der Waals surface area contributed by atoms with Gasteiger partial charge in [0.25, 0.3) is 5.91 Å². The first-order valence-electron chi connectivity index (χ1n) is 7.04. The largest absolute Gasteiger partial charge is 0.475 e. The summed E-state index contributed by atoms with van der Waals surface area (Å²) in [6, 6.07) is 10.8. The van der Waals surface area contributed by atoms with Crippen molar-refractivity contribution >= 4 is 11.9 Å². The highest BCUT2D eigenvalue weighted by atomic mass is 16.4. The van der Waals surface area contributed by atoms with Gasteiger partial charge in [0.2, 0.25) is 5.76 Å². The summed E-state index contributed by atoms with van der Waals surface area (Å²) in [6.45, 7) is 3.97. The van der Waals surface area contributed by atoms with E-state index in [2.05, 4.69) is 0 Å². The Morgan fingerprint density at radius 1 is 1.14 bits per heavy atom. The van der Waals surface area contributed by atoms with Gasteiger partial charge in [-0.25, -0.2) is 4.79 Å². The van der Waals surface area contributed by atoms with Crippen LogP contribution in [0.2, 0.25) is 0 Å². The van der Waals surface area contributed by atoms with Gasteiger partial charge in [-0.1, -0.05) is 29.8 Å². The molecule has 1 N–H and O–H groups in total. The zero-order valence-corrected chi connectivity index (χ0v) is 12.9. The highest BCUT2D eigenvalue weighted by Gasteiger charge is 2.22. The number of carboxylic acids is 1. The van der Waals surface area contributed by atoms with Crippen molar-refractivity contribution in [3.05, 3.63) is 59.0 Å². The van der Waals surface area contributed by atoms with Crippen LogP contribution in [0.3, 0.4) is 0 Å². The van der Waals surface area contributed by atoms with Gasteiger partial charge in [0, 0.05) is 13.1 Å². The Labute approximate surface area is 129 Å². The number of carbonyl (C=O) groups excluding carboxylic acids is 1. The number of carbonyl (C=O) groups is 2. The van der Waals surface area contributed by atoms with Crippen molar-refractivity contribution in [1.29, 1.82) is 0 Å². The Balaban J connectivity index is 2.05. The highest BCUT2D eigenvalue weighted by molar-refractivity contribution is 5.93. The van der Waals surface area contributed by atoms with E-state index in [0.29, 0.717) is 0 Å². The van der Waals surface area contributed by atoms with E-state index in [1.807, 2.05) is 38.1 Å². The number of carboxylic acid groups (broad SMARTS) is 1. The second-order valence-corrected chi connectivity index (χ2v) is 5.42. The van der Waals surface area contributed by atoms with Crippen LogP contribution in [0.15, 0.2) is 40.8 Å². The fourth-order valence-corrected chi connectivity index (χ4v) is 2.14. The van der Waals surface area contributed by atoms with E-state index in [0.717, 1.165) is 12.0 Å². The summed E-state index contributed by atoms with van der Waals surface area (Å²) in [5.74, 6) is -1.71. The van der Waals surface area contributed by atoms with Gasteiger partial charge in [-0.3, -0.25) is 4.79 Å². The normalized spacial score (nSPS) is 12.0. The quantitative estimate of drug-likeness (QED) is 0.921. The Morgan fingerprint density at radius 3 is 2.27 bits per heavy atom. The summed E-state index contributed by atoms with van der Waals surface area (Å²) < 4.78 is 5.05. The molecule has 0 aliphatic rings. The van der Waals surface area contributed by atoms with Crippen LogP contribution < -0.4 is 0 Å². The van der Waals surface area contributed by atoms with E-state index in [1.54, 1.807) is 11.9 Å². The summed E-state index contributed by atoms with van der Waals surface area (Å²) in [5.41, 5.74) is 2.33. The molecule has 0 saturated carbocycles. The van der Waals surface area contributed by atoms with E-state index in [9.17, 15) is 9.59 Å². The van der Waals surface area contributed by atoms with E-state index in [-0.39, 0.29) is 23.5 Å². The van der Waals surface area contributed by atoms with Crippen molar-refractivity contribution in [3.8, 4) is 0 Å². The van der Waals surface area contributed by atoms with Gasteiger partial charge in [0.05, 0.1) is 0 Å². The molecule has 2 rings (SSSR count). The third-order valence-electron chi connectivity index (χ3n) is 3.66. The molecule has 22 heavy (non-hydrogen) atoms. The molecule has 2 aromatic rings. The number of aromatic carboxylic acids is 1. The SMILES string of the molecule is Cc1ccc(C[C@@H](C)N(C)C(=O)c2ccc(C(=O)O)o2)cc1. The topological polar surface area (TPSA) is 70.8 Å². The lowest BCUT2D eigenvalue weighted by Gasteiger charge is -2.24. The van der Waals surface area contributed by atoms with Crippen molar-refractivity contribution in [2.75, 3.05) is 7.05 Å². The number of nitrogens with zero attached hydrogens (tertiary/aromatic N) is 1. The van der Waals surface area contributed by atoms with Crippen molar-refractivity contribution < 1.29 is 19.1 Å². The minimum absolute atomic E-state index is 0.0337. The first kappa shape index (κ1) is 15.8. The van der Waals surface area contributed by atoms with Gasteiger partial charge < -0.3 is 14.4 Å². The van der Waals surface area contributed by atoms with Crippen LogP contribution >= 0.6 is 0 Å². The number of hydrogen-bond donors (Lipinski definition) is 1. The molecule has 0 bridgehead atoms. The molecule has 0 aliphatic heterocycles. The number of amides is 1. The predicted octanol–water partition coefficient (Wildman–Crippen LogP) is 2.99. The van der Waals surface area contributed by atoms with Crippen molar-refractivity contribution in [3.63, 3.8) is 0 Å². The Hall–Kier alpha value is -2.56. The standard InChI is InChI=1S/C17H19NO4/c1-11-4-6-13(7-5-11)10-12(2)18(3)16(19)14-8-9-15(22-14)17(20)21/h4-9,12H,10H2,1-3H3,(H,20,21)/t12-/m1/s1. The molecule has 1 atom stereocenters. The van der Waals surface area contributed by atoms with Gasteiger partial charge in [-0.05, 0) is 38.0 Å². The molecule has 5 heteroatoms. The van der Waals surface area contributed by atoms with Gasteiger partial charge in [0.15, 0.2) is 5.76 Å². The van der Waals surface area contributed by atoms with Gasteiger partial charge >= 0.3 is 5.97 Å². The van der Waals surface area contributed by atoms with Crippen LogP contribution in [0, 0.1) is 6.92 Å². The molecule has 0 unspecified atom stereocenters. The van der Waals surface area contributed by atoms with Crippen LogP contribution in [-0.2, 0) is 6.42 Å². The zero-order chi connectivity index (χ0) is 16.3. The number of hydrogen-bond acceptors (Lipinski definition) is 3. The molecule has 1 heterocycles. The molecule has 0 aliphatic carbocycles. The van der Waals surface area contributed by atoms with Crippen molar-refractivity contribution in [2.24, 2.45) is 0 Å². The van der Waals surface area contributed by atoms with E-state index in [1.165, 1.54) is 17.7 Å². The van der Waals surface area contributed by atoms with Crippen LogP contribution in [0.1, 0.15) is 39.2 Å². The number of aryl methyl sites for hydroxylation is 1. The highest BCUT2D eigenvalue weighted by Crippen LogP contribution is 2.14. The average molecular weight is 301 g/mol. The second-order valence-electron chi connectivity index (χ2n) is 5.42.